The van der Waals surface area contributed by atoms with E-state index in [2.05, 4.69) is 0 Å². The average Bonchev–Trinajstić information content (AvgIpc) is 2.05. The van der Waals surface area contributed by atoms with Crippen LogP contribution in [-0.2, 0) is 9.47 Å². The third kappa shape index (κ3) is 1.50. The molecule has 0 spiro atoms. The van der Waals surface area contributed by atoms with Crippen molar-refractivity contribution in [3.8, 4) is 5.75 Å². The number of rotatable bonds is 1. The van der Waals surface area contributed by atoms with E-state index >= 15 is 0 Å². The summed E-state index contributed by atoms with van der Waals surface area (Å²) in [6.45, 7) is 1.76. The van der Waals surface area contributed by atoms with Gasteiger partial charge in [0.05, 0.1) is 0 Å². The van der Waals surface area contributed by atoms with Crippen molar-refractivity contribution < 1.29 is 19.0 Å². The standard InChI is InChI=1S/C9H9FO3/c1-5-12-9(13-5)6-2-3-8(11)7(10)4-6/h2-5,9,11H,1H3. The van der Waals surface area contributed by atoms with Gasteiger partial charge in [0.2, 0.25) is 0 Å². The van der Waals surface area contributed by atoms with Crippen molar-refractivity contribution in [2.45, 2.75) is 19.5 Å². The smallest absolute Gasteiger partial charge is 0.189 e. The summed E-state index contributed by atoms with van der Waals surface area (Å²) in [7, 11) is 0. The molecule has 1 aliphatic heterocycles. The molecule has 0 bridgehead atoms. The Bertz CT molecular complexity index is 321. The first-order chi connectivity index (χ1) is 6.16. The van der Waals surface area contributed by atoms with Crippen molar-refractivity contribution >= 4 is 0 Å². The monoisotopic (exact) mass is 184 g/mol. The summed E-state index contributed by atoms with van der Waals surface area (Å²) in [5.74, 6) is -1.03. The van der Waals surface area contributed by atoms with Gasteiger partial charge < -0.3 is 14.6 Å². The molecular weight excluding hydrogens is 175 g/mol. The van der Waals surface area contributed by atoms with Crippen LogP contribution >= 0.6 is 0 Å². The lowest BCUT2D eigenvalue weighted by Crippen LogP contribution is -2.31. The lowest BCUT2D eigenvalue weighted by atomic mass is 10.2. The van der Waals surface area contributed by atoms with Crippen molar-refractivity contribution in [3.05, 3.63) is 29.6 Å². The molecule has 2 rings (SSSR count). The maximum Gasteiger partial charge on any atom is 0.189 e. The highest BCUT2D eigenvalue weighted by Gasteiger charge is 2.28. The van der Waals surface area contributed by atoms with E-state index in [0.717, 1.165) is 0 Å². The summed E-state index contributed by atoms with van der Waals surface area (Å²) in [4.78, 5) is 0. The second-order valence-corrected chi connectivity index (χ2v) is 2.88. The SMILES string of the molecule is CC1OC(c2ccc(O)c(F)c2)O1. The van der Waals surface area contributed by atoms with Crippen LogP contribution in [-0.4, -0.2) is 11.4 Å². The lowest BCUT2D eigenvalue weighted by Gasteiger charge is -2.33. The van der Waals surface area contributed by atoms with Crippen LogP contribution in [0.3, 0.4) is 0 Å². The minimum absolute atomic E-state index is 0.234. The largest absolute Gasteiger partial charge is 0.505 e. The first-order valence-electron chi connectivity index (χ1n) is 3.96. The summed E-state index contributed by atoms with van der Waals surface area (Å²) in [6.07, 6.45) is -0.730. The predicted molar refractivity (Wildman–Crippen MR) is 42.4 cm³/mol. The topological polar surface area (TPSA) is 38.7 Å². The van der Waals surface area contributed by atoms with Gasteiger partial charge in [-0.2, -0.15) is 0 Å². The van der Waals surface area contributed by atoms with Crippen LogP contribution in [0.2, 0.25) is 0 Å². The predicted octanol–water partition coefficient (Wildman–Crippen LogP) is 1.92. The zero-order chi connectivity index (χ0) is 9.42. The first-order valence-corrected chi connectivity index (χ1v) is 3.96. The van der Waals surface area contributed by atoms with Crippen molar-refractivity contribution in [2.75, 3.05) is 0 Å². The molecule has 0 unspecified atom stereocenters. The van der Waals surface area contributed by atoms with E-state index in [1.165, 1.54) is 12.1 Å². The first kappa shape index (κ1) is 8.47. The van der Waals surface area contributed by atoms with Gasteiger partial charge in [-0.05, 0) is 19.1 Å². The number of benzene rings is 1. The molecule has 0 saturated carbocycles. The fourth-order valence-electron chi connectivity index (χ4n) is 1.19. The van der Waals surface area contributed by atoms with Crippen molar-refractivity contribution in [1.29, 1.82) is 0 Å². The number of phenolic OH excluding ortho intramolecular Hbond substituents is 1. The molecule has 0 atom stereocenters. The summed E-state index contributed by atoms with van der Waals surface area (Å²) in [5.41, 5.74) is 0.577. The van der Waals surface area contributed by atoms with Crippen LogP contribution in [0.25, 0.3) is 0 Å². The van der Waals surface area contributed by atoms with Crippen LogP contribution < -0.4 is 0 Å². The van der Waals surface area contributed by atoms with Gasteiger partial charge >= 0.3 is 0 Å². The van der Waals surface area contributed by atoms with Crippen LogP contribution in [0.15, 0.2) is 18.2 Å². The normalized spacial score (nSPS) is 26.9. The quantitative estimate of drug-likeness (QED) is 0.724. The molecule has 0 aliphatic carbocycles. The number of phenols is 1. The van der Waals surface area contributed by atoms with Crippen molar-refractivity contribution in [2.24, 2.45) is 0 Å². The Morgan fingerprint density at radius 1 is 1.38 bits per heavy atom. The van der Waals surface area contributed by atoms with Gasteiger partial charge in [-0.3, -0.25) is 0 Å². The van der Waals surface area contributed by atoms with Crippen LogP contribution in [0.5, 0.6) is 5.75 Å². The Kier molecular flexibility index (Phi) is 1.94. The van der Waals surface area contributed by atoms with Gasteiger partial charge in [0, 0.05) is 5.56 Å². The molecule has 13 heavy (non-hydrogen) atoms. The van der Waals surface area contributed by atoms with Gasteiger partial charge in [0.25, 0.3) is 0 Å². The third-order valence-corrected chi connectivity index (χ3v) is 1.87. The molecule has 1 heterocycles. The third-order valence-electron chi connectivity index (χ3n) is 1.87. The Balaban J connectivity index is 2.18. The van der Waals surface area contributed by atoms with Crippen LogP contribution in [0, 0.1) is 5.82 Å². The highest BCUT2D eigenvalue weighted by atomic mass is 19.1. The van der Waals surface area contributed by atoms with Gasteiger partial charge in [0.1, 0.15) is 0 Å². The maximum atomic E-state index is 12.8. The van der Waals surface area contributed by atoms with Crippen LogP contribution in [0.1, 0.15) is 18.8 Å². The fraction of sp³-hybridized carbons (Fsp3) is 0.333. The molecule has 3 nitrogen and oxygen atoms in total. The van der Waals surface area contributed by atoms with E-state index in [-0.39, 0.29) is 12.0 Å². The molecule has 1 aliphatic rings. The van der Waals surface area contributed by atoms with Crippen LogP contribution in [0.4, 0.5) is 4.39 Å². The molecule has 0 amide bonds. The molecule has 1 fully saturated rings. The maximum absolute atomic E-state index is 12.8. The second kappa shape index (κ2) is 2.97. The minimum atomic E-state index is -0.663. The molecule has 4 heteroatoms. The molecule has 1 aromatic rings. The molecule has 70 valence electrons. The van der Waals surface area contributed by atoms with Crippen molar-refractivity contribution in [3.63, 3.8) is 0 Å². The minimum Gasteiger partial charge on any atom is -0.505 e. The molecular formula is C9H9FO3. The van der Waals surface area contributed by atoms with Gasteiger partial charge in [-0.15, -0.1) is 0 Å². The number of halogens is 1. The summed E-state index contributed by atoms with van der Waals surface area (Å²) in [6, 6.07) is 4.04. The van der Waals surface area contributed by atoms with E-state index < -0.39 is 12.1 Å². The number of hydrogen-bond acceptors (Lipinski definition) is 3. The molecule has 0 radical (unpaired) electrons. The number of ether oxygens (including phenoxy) is 2. The highest BCUT2D eigenvalue weighted by molar-refractivity contribution is 5.28. The van der Waals surface area contributed by atoms with E-state index in [4.69, 9.17) is 14.6 Å². The molecule has 1 saturated heterocycles. The van der Waals surface area contributed by atoms with Gasteiger partial charge in [-0.25, -0.2) is 4.39 Å². The fourth-order valence-corrected chi connectivity index (χ4v) is 1.19. The van der Waals surface area contributed by atoms with Gasteiger partial charge in [0.15, 0.2) is 24.1 Å². The Morgan fingerprint density at radius 3 is 2.62 bits per heavy atom. The molecule has 1 aromatic carbocycles. The Morgan fingerprint density at radius 2 is 2.08 bits per heavy atom. The molecule has 0 aromatic heterocycles. The zero-order valence-electron chi connectivity index (χ0n) is 7.03. The summed E-state index contributed by atoms with van der Waals surface area (Å²) in [5, 5.41) is 8.91. The Hall–Kier alpha value is -1.13. The van der Waals surface area contributed by atoms with E-state index in [0.29, 0.717) is 5.56 Å². The second-order valence-electron chi connectivity index (χ2n) is 2.88. The average molecular weight is 184 g/mol. The lowest BCUT2D eigenvalue weighted by molar-refractivity contribution is -0.382. The van der Waals surface area contributed by atoms with Gasteiger partial charge in [-0.1, -0.05) is 6.07 Å². The van der Waals surface area contributed by atoms with E-state index in [1.807, 2.05) is 0 Å². The summed E-state index contributed by atoms with van der Waals surface area (Å²) < 4.78 is 23.1. The van der Waals surface area contributed by atoms with Crippen molar-refractivity contribution in [1.82, 2.24) is 0 Å². The summed E-state index contributed by atoms with van der Waals surface area (Å²) >= 11 is 0. The molecule has 1 N–H and O–H groups in total. The number of hydrogen-bond donors (Lipinski definition) is 1. The Labute approximate surface area is 74.7 Å². The van der Waals surface area contributed by atoms with E-state index in [9.17, 15) is 4.39 Å². The number of aromatic hydroxyl groups is 1. The zero-order valence-corrected chi connectivity index (χ0v) is 7.03. The van der Waals surface area contributed by atoms with E-state index in [1.54, 1.807) is 13.0 Å². The highest BCUT2D eigenvalue weighted by Crippen LogP contribution is 2.32.